The molecule has 3 rings (SSSR count). The fourth-order valence-corrected chi connectivity index (χ4v) is 3.49. The summed E-state index contributed by atoms with van der Waals surface area (Å²) in [6, 6.07) is 3.32. The van der Waals surface area contributed by atoms with Crippen molar-refractivity contribution in [2.75, 3.05) is 19.8 Å². The standard InChI is InChI=1S/C17H23ClN2O4.ClH/c18-12-8-11(9-14-15(12)24-7-6-23-14)13(21)10-20-16(22)17(19)4-2-1-3-5-17;/h8-9,13,21H,1-7,10,19H2,(H,20,22);1H. The van der Waals surface area contributed by atoms with Crippen LogP contribution in [0.5, 0.6) is 11.5 Å². The van der Waals surface area contributed by atoms with E-state index in [-0.39, 0.29) is 24.9 Å². The molecule has 1 unspecified atom stereocenters. The summed E-state index contributed by atoms with van der Waals surface area (Å²) in [5.41, 5.74) is 5.94. The van der Waals surface area contributed by atoms with Gasteiger partial charge in [-0.3, -0.25) is 4.79 Å². The Morgan fingerprint density at radius 2 is 1.96 bits per heavy atom. The van der Waals surface area contributed by atoms with Gasteiger partial charge < -0.3 is 25.6 Å². The van der Waals surface area contributed by atoms with E-state index in [0.29, 0.717) is 48.1 Å². The van der Waals surface area contributed by atoms with Crippen LogP contribution in [0.4, 0.5) is 0 Å². The monoisotopic (exact) mass is 390 g/mol. The van der Waals surface area contributed by atoms with E-state index in [1.54, 1.807) is 12.1 Å². The van der Waals surface area contributed by atoms with Crippen LogP contribution in [0.15, 0.2) is 12.1 Å². The summed E-state index contributed by atoms with van der Waals surface area (Å²) in [6.07, 6.45) is 3.52. The van der Waals surface area contributed by atoms with Crippen molar-refractivity contribution in [1.29, 1.82) is 0 Å². The highest BCUT2D eigenvalue weighted by Crippen LogP contribution is 2.39. The molecule has 2 aliphatic rings. The molecule has 0 saturated heterocycles. The summed E-state index contributed by atoms with van der Waals surface area (Å²) in [4.78, 5) is 12.3. The second kappa shape index (κ2) is 8.45. The Labute approximate surface area is 158 Å². The minimum absolute atomic E-state index is 0. The number of hydrogen-bond donors (Lipinski definition) is 3. The molecular weight excluding hydrogens is 367 g/mol. The molecule has 1 aliphatic carbocycles. The molecule has 0 radical (unpaired) electrons. The van der Waals surface area contributed by atoms with Gasteiger partial charge in [0.05, 0.1) is 16.7 Å². The number of nitrogens with two attached hydrogens (primary N) is 1. The van der Waals surface area contributed by atoms with Crippen molar-refractivity contribution in [2.45, 2.75) is 43.7 Å². The van der Waals surface area contributed by atoms with Gasteiger partial charge in [-0.2, -0.15) is 0 Å². The predicted octanol–water partition coefficient (Wildman–Crippen LogP) is 2.34. The fourth-order valence-electron chi connectivity index (χ4n) is 3.22. The Kier molecular flexibility index (Phi) is 6.79. The number of rotatable bonds is 4. The smallest absolute Gasteiger partial charge is 0.240 e. The molecule has 1 saturated carbocycles. The molecule has 1 aliphatic heterocycles. The van der Waals surface area contributed by atoms with Gasteiger partial charge in [0.25, 0.3) is 0 Å². The quantitative estimate of drug-likeness (QED) is 0.733. The Morgan fingerprint density at radius 1 is 1.28 bits per heavy atom. The first-order chi connectivity index (χ1) is 11.5. The molecule has 1 heterocycles. The number of aliphatic hydroxyl groups is 1. The van der Waals surface area contributed by atoms with E-state index in [0.717, 1.165) is 19.3 Å². The van der Waals surface area contributed by atoms with Crippen LogP contribution in [0.3, 0.4) is 0 Å². The van der Waals surface area contributed by atoms with Gasteiger partial charge in [0.15, 0.2) is 11.5 Å². The molecule has 4 N–H and O–H groups in total. The van der Waals surface area contributed by atoms with Crippen LogP contribution < -0.4 is 20.5 Å². The number of nitrogens with one attached hydrogen (secondary N) is 1. The molecule has 1 atom stereocenters. The van der Waals surface area contributed by atoms with Crippen molar-refractivity contribution in [3.63, 3.8) is 0 Å². The van der Waals surface area contributed by atoms with Gasteiger partial charge in [0.1, 0.15) is 13.2 Å². The highest BCUT2D eigenvalue weighted by Gasteiger charge is 2.35. The number of fused-ring (bicyclic) bond motifs is 1. The first-order valence-corrected chi connectivity index (χ1v) is 8.72. The number of amides is 1. The van der Waals surface area contributed by atoms with Crippen molar-refractivity contribution >= 4 is 29.9 Å². The zero-order chi connectivity index (χ0) is 17.2. The SMILES string of the molecule is Cl.NC1(C(=O)NCC(O)c2cc(Cl)c3c(c2)OCCO3)CCCCC1. The largest absolute Gasteiger partial charge is 0.486 e. The summed E-state index contributed by atoms with van der Waals surface area (Å²) in [6.45, 7) is 0.965. The topological polar surface area (TPSA) is 93.8 Å². The highest BCUT2D eigenvalue weighted by molar-refractivity contribution is 6.32. The van der Waals surface area contributed by atoms with Crippen LogP contribution in [0.25, 0.3) is 0 Å². The van der Waals surface area contributed by atoms with Crippen molar-refractivity contribution in [2.24, 2.45) is 5.73 Å². The van der Waals surface area contributed by atoms with Crippen LogP contribution in [0, 0.1) is 0 Å². The molecule has 6 nitrogen and oxygen atoms in total. The summed E-state index contributed by atoms with van der Waals surface area (Å²) < 4.78 is 11.0. The van der Waals surface area contributed by atoms with E-state index in [1.165, 1.54) is 0 Å². The molecule has 1 aromatic carbocycles. The molecule has 1 amide bonds. The van der Waals surface area contributed by atoms with Crippen molar-refractivity contribution in [1.82, 2.24) is 5.32 Å². The number of aliphatic hydroxyl groups excluding tert-OH is 1. The fraction of sp³-hybridized carbons (Fsp3) is 0.588. The third-order valence-electron chi connectivity index (χ3n) is 4.66. The Balaban J connectivity index is 0.00000225. The predicted molar refractivity (Wildman–Crippen MR) is 97.7 cm³/mol. The Hall–Kier alpha value is -1.21. The lowest BCUT2D eigenvalue weighted by Crippen LogP contribution is -2.55. The lowest BCUT2D eigenvalue weighted by atomic mass is 9.82. The van der Waals surface area contributed by atoms with Crippen LogP contribution in [0.1, 0.15) is 43.8 Å². The third-order valence-corrected chi connectivity index (χ3v) is 4.94. The second-order valence-electron chi connectivity index (χ2n) is 6.47. The minimum atomic E-state index is -0.894. The maximum Gasteiger partial charge on any atom is 0.240 e. The summed E-state index contributed by atoms with van der Waals surface area (Å²) in [5.74, 6) is 0.799. The first kappa shape index (κ1) is 20.1. The number of ether oxygens (including phenoxy) is 2. The lowest BCUT2D eigenvalue weighted by Gasteiger charge is -2.32. The number of carbonyl (C=O) groups excluding carboxylic acids is 1. The normalized spacial score (nSPS) is 19.5. The molecule has 1 fully saturated rings. The van der Waals surface area contributed by atoms with Gasteiger partial charge in [-0.15, -0.1) is 12.4 Å². The Bertz CT molecular complexity index is 621. The van der Waals surface area contributed by atoms with Gasteiger partial charge in [0, 0.05) is 6.54 Å². The maximum absolute atomic E-state index is 12.3. The zero-order valence-electron chi connectivity index (χ0n) is 13.9. The third kappa shape index (κ3) is 4.50. The molecule has 8 heteroatoms. The van der Waals surface area contributed by atoms with E-state index in [1.807, 2.05) is 0 Å². The van der Waals surface area contributed by atoms with Gasteiger partial charge in [-0.05, 0) is 30.5 Å². The van der Waals surface area contributed by atoms with Crippen molar-refractivity contribution < 1.29 is 19.4 Å². The summed E-state index contributed by atoms with van der Waals surface area (Å²) in [7, 11) is 0. The second-order valence-corrected chi connectivity index (χ2v) is 6.88. The Morgan fingerprint density at radius 3 is 2.68 bits per heavy atom. The molecular formula is C17H24Cl2N2O4. The van der Waals surface area contributed by atoms with Gasteiger partial charge in [-0.25, -0.2) is 0 Å². The number of halogens is 2. The number of hydrogen-bond acceptors (Lipinski definition) is 5. The summed E-state index contributed by atoms with van der Waals surface area (Å²) in [5, 5.41) is 13.5. The minimum Gasteiger partial charge on any atom is -0.486 e. The molecule has 1 aromatic rings. The van der Waals surface area contributed by atoms with Crippen molar-refractivity contribution in [3.8, 4) is 11.5 Å². The van der Waals surface area contributed by atoms with Crippen LogP contribution in [-0.2, 0) is 4.79 Å². The van der Waals surface area contributed by atoms with E-state index in [2.05, 4.69) is 5.32 Å². The number of carbonyl (C=O) groups is 1. The van der Waals surface area contributed by atoms with Gasteiger partial charge in [0.2, 0.25) is 5.91 Å². The van der Waals surface area contributed by atoms with E-state index in [9.17, 15) is 9.90 Å². The first-order valence-electron chi connectivity index (χ1n) is 8.34. The van der Waals surface area contributed by atoms with Crippen LogP contribution in [-0.4, -0.2) is 36.3 Å². The molecule has 140 valence electrons. The molecule has 0 aromatic heterocycles. The van der Waals surface area contributed by atoms with E-state index >= 15 is 0 Å². The maximum atomic E-state index is 12.3. The zero-order valence-corrected chi connectivity index (χ0v) is 15.5. The van der Waals surface area contributed by atoms with E-state index in [4.69, 9.17) is 26.8 Å². The van der Waals surface area contributed by atoms with Gasteiger partial charge >= 0.3 is 0 Å². The molecule has 0 bridgehead atoms. The van der Waals surface area contributed by atoms with Gasteiger partial charge in [-0.1, -0.05) is 30.9 Å². The molecule has 25 heavy (non-hydrogen) atoms. The average Bonchev–Trinajstić information content (AvgIpc) is 2.60. The van der Waals surface area contributed by atoms with Crippen LogP contribution in [0.2, 0.25) is 5.02 Å². The van der Waals surface area contributed by atoms with E-state index < -0.39 is 11.6 Å². The highest BCUT2D eigenvalue weighted by atomic mass is 35.5. The van der Waals surface area contributed by atoms with Crippen LogP contribution >= 0.6 is 24.0 Å². The summed E-state index contributed by atoms with van der Waals surface area (Å²) >= 11 is 6.17. The molecule has 0 spiro atoms. The number of benzene rings is 1. The lowest BCUT2D eigenvalue weighted by molar-refractivity contribution is -0.128. The van der Waals surface area contributed by atoms with Crippen molar-refractivity contribution in [3.05, 3.63) is 22.7 Å². The average molecular weight is 391 g/mol.